The molecule has 0 bridgehead atoms. The fourth-order valence-corrected chi connectivity index (χ4v) is 9.80. The molecule has 262 valence electrons. The highest BCUT2D eigenvalue weighted by atomic mass is 32.1. The van der Waals surface area contributed by atoms with Crippen molar-refractivity contribution in [2.24, 2.45) is 0 Å². The average molecular weight is 716 g/mol. The first-order valence-electron chi connectivity index (χ1n) is 19.3. The first-order chi connectivity index (χ1) is 26.4. The van der Waals surface area contributed by atoms with E-state index in [9.17, 15) is 0 Å². The summed E-state index contributed by atoms with van der Waals surface area (Å²) in [5.41, 5.74) is 14.9. The topological polar surface area (TPSA) is 12.5 Å². The zero-order valence-electron chi connectivity index (χ0n) is 31.3. The van der Waals surface area contributed by atoms with Crippen LogP contribution in [-0.4, -0.2) is 6.71 Å². The molecule has 2 nitrogen and oxygen atoms in total. The van der Waals surface area contributed by atoms with Gasteiger partial charge < -0.3 is 9.64 Å². The third-order valence-corrected chi connectivity index (χ3v) is 12.6. The summed E-state index contributed by atoms with van der Waals surface area (Å²) in [6, 6.07) is 54.2. The summed E-state index contributed by atoms with van der Waals surface area (Å²) < 4.78 is 9.75. The van der Waals surface area contributed by atoms with Gasteiger partial charge in [0.1, 0.15) is 11.5 Å². The van der Waals surface area contributed by atoms with E-state index >= 15 is 0 Å². The van der Waals surface area contributed by atoms with Crippen molar-refractivity contribution in [3.8, 4) is 33.8 Å². The molecule has 1 aromatic heterocycles. The minimum atomic E-state index is -0.0799. The second-order valence-electron chi connectivity index (χ2n) is 16.0. The van der Waals surface area contributed by atoms with Crippen molar-refractivity contribution in [2.45, 2.75) is 52.4 Å². The van der Waals surface area contributed by atoms with E-state index in [1.54, 1.807) is 0 Å². The second-order valence-corrected chi connectivity index (χ2v) is 17.0. The van der Waals surface area contributed by atoms with Gasteiger partial charge in [0.2, 0.25) is 0 Å². The molecule has 10 rings (SSSR count). The zero-order valence-corrected chi connectivity index (χ0v) is 32.1. The molecule has 54 heavy (non-hydrogen) atoms. The molecule has 0 spiro atoms. The minimum Gasteiger partial charge on any atom is -0.458 e. The molecule has 0 saturated heterocycles. The van der Waals surface area contributed by atoms with Gasteiger partial charge in [-0.15, -0.1) is 11.3 Å². The number of rotatable bonds is 6. The number of anilines is 3. The summed E-state index contributed by atoms with van der Waals surface area (Å²) in [4.78, 5) is 2.60. The molecule has 0 unspecified atom stereocenters. The number of hydrogen-bond acceptors (Lipinski definition) is 3. The van der Waals surface area contributed by atoms with Crippen molar-refractivity contribution in [3.63, 3.8) is 0 Å². The lowest BCUT2D eigenvalue weighted by atomic mass is 9.34. The van der Waals surface area contributed by atoms with Gasteiger partial charge in [-0.1, -0.05) is 137 Å². The third kappa shape index (κ3) is 5.38. The molecule has 8 aromatic rings. The van der Waals surface area contributed by atoms with Gasteiger partial charge in [-0.05, 0) is 110 Å². The van der Waals surface area contributed by atoms with E-state index < -0.39 is 0 Å². The van der Waals surface area contributed by atoms with Gasteiger partial charge in [0.25, 0.3) is 6.71 Å². The maximum atomic E-state index is 7.05. The van der Waals surface area contributed by atoms with Gasteiger partial charge >= 0.3 is 0 Å². The monoisotopic (exact) mass is 715 g/mol. The third-order valence-electron chi connectivity index (χ3n) is 11.5. The Kier molecular flexibility index (Phi) is 7.82. The summed E-state index contributed by atoms with van der Waals surface area (Å²) in [5, 5.41) is 2.65. The van der Waals surface area contributed by atoms with Crippen LogP contribution in [0.3, 0.4) is 0 Å². The Bertz CT molecular complexity index is 2730. The Morgan fingerprint density at radius 3 is 1.98 bits per heavy atom. The fourth-order valence-electron chi connectivity index (χ4n) is 8.65. The predicted molar refractivity (Wildman–Crippen MR) is 233 cm³/mol. The number of thiophene rings is 1. The zero-order chi connectivity index (χ0) is 36.6. The van der Waals surface area contributed by atoms with Crippen molar-refractivity contribution >= 4 is 71.7 Å². The van der Waals surface area contributed by atoms with Crippen LogP contribution in [0.1, 0.15) is 51.7 Å². The van der Waals surface area contributed by atoms with Gasteiger partial charge in [0, 0.05) is 37.2 Å². The lowest BCUT2D eigenvalue weighted by Crippen LogP contribution is -2.59. The number of nitrogens with zero attached hydrogens (tertiary/aromatic N) is 1. The molecule has 7 aromatic carbocycles. The van der Waals surface area contributed by atoms with Gasteiger partial charge in [0.05, 0.1) is 0 Å². The SMILES string of the molecule is CCCCc1cc2sc3ccccc3c2cc1N1c2ccc(-c3ccccc3)cc2B2c3cc(-c4ccccc4)ccc3Oc3cc(C(C)(C)C)cc1c32. The molecule has 0 N–H and O–H groups in total. The van der Waals surface area contributed by atoms with Crippen molar-refractivity contribution in [1.82, 2.24) is 0 Å². The van der Waals surface area contributed by atoms with Gasteiger partial charge in [-0.3, -0.25) is 0 Å². The van der Waals surface area contributed by atoms with Crippen LogP contribution in [0.4, 0.5) is 17.1 Å². The molecule has 0 aliphatic carbocycles. The number of unbranched alkanes of at least 4 members (excludes halogenated alkanes) is 1. The van der Waals surface area contributed by atoms with E-state index in [0.29, 0.717) is 0 Å². The van der Waals surface area contributed by atoms with Crippen molar-refractivity contribution < 1.29 is 4.74 Å². The van der Waals surface area contributed by atoms with E-state index in [-0.39, 0.29) is 12.1 Å². The first kappa shape index (κ1) is 33.0. The van der Waals surface area contributed by atoms with Crippen LogP contribution in [0.25, 0.3) is 42.4 Å². The molecule has 4 heteroatoms. The van der Waals surface area contributed by atoms with Gasteiger partial charge in [0.15, 0.2) is 0 Å². The van der Waals surface area contributed by atoms with Crippen LogP contribution >= 0.6 is 11.3 Å². The maximum Gasteiger partial charge on any atom is 0.256 e. The Morgan fingerprint density at radius 1 is 0.574 bits per heavy atom. The van der Waals surface area contributed by atoms with Gasteiger partial charge in [-0.25, -0.2) is 0 Å². The molecule has 2 aliphatic rings. The Labute approximate surface area is 322 Å². The number of hydrogen-bond donors (Lipinski definition) is 0. The summed E-state index contributed by atoms with van der Waals surface area (Å²) in [6.45, 7) is 9.23. The quantitative estimate of drug-likeness (QED) is 0.159. The van der Waals surface area contributed by atoms with Crippen molar-refractivity contribution in [1.29, 1.82) is 0 Å². The van der Waals surface area contributed by atoms with E-state index in [1.807, 2.05) is 11.3 Å². The molecule has 0 saturated carbocycles. The Hall–Kier alpha value is -5.58. The Balaban J connectivity index is 1.30. The maximum absolute atomic E-state index is 7.05. The standard InChI is InChI=1S/C50H42BNOS/c1-5-6-15-36-28-48-39(38-20-13-14-21-47(38)54-48)31-43(36)52-42-24-22-34(32-16-9-7-10-17-32)26-40(42)51-41-27-35(33-18-11-8-12-19-33)23-25-45(41)53-46-30-37(50(2,3)4)29-44(52)49(46)51/h7-14,16-31H,5-6,15H2,1-4H3. The van der Waals surface area contributed by atoms with Crippen LogP contribution in [0.15, 0.2) is 146 Å². The first-order valence-corrected chi connectivity index (χ1v) is 20.2. The highest BCUT2D eigenvalue weighted by molar-refractivity contribution is 7.25. The lowest BCUT2D eigenvalue weighted by Gasteiger charge is -2.42. The molecule has 0 amide bonds. The number of fused-ring (bicyclic) bond motifs is 7. The van der Waals surface area contributed by atoms with Gasteiger partial charge in [-0.2, -0.15) is 0 Å². The number of benzene rings is 7. The van der Waals surface area contributed by atoms with Crippen LogP contribution in [0.2, 0.25) is 0 Å². The normalized spacial score (nSPS) is 13.1. The summed E-state index contributed by atoms with van der Waals surface area (Å²) in [5.74, 6) is 1.89. The molecule has 0 atom stereocenters. The second kappa shape index (κ2) is 12.8. The van der Waals surface area contributed by atoms with E-state index in [1.165, 1.54) is 87.0 Å². The van der Waals surface area contributed by atoms with Crippen LogP contribution < -0.4 is 26.0 Å². The van der Waals surface area contributed by atoms with Crippen molar-refractivity contribution in [2.75, 3.05) is 4.90 Å². The summed E-state index contributed by atoms with van der Waals surface area (Å²) in [6.07, 6.45) is 3.30. The molecular weight excluding hydrogens is 673 g/mol. The largest absolute Gasteiger partial charge is 0.458 e. The average Bonchev–Trinajstić information content (AvgIpc) is 3.57. The van der Waals surface area contributed by atoms with Crippen LogP contribution in [0.5, 0.6) is 11.5 Å². The molecule has 0 fully saturated rings. The van der Waals surface area contributed by atoms with Crippen molar-refractivity contribution in [3.05, 3.63) is 157 Å². The van der Waals surface area contributed by atoms with E-state index in [4.69, 9.17) is 4.74 Å². The molecular formula is C50H42BNOS. The summed E-state index contributed by atoms with van der Waals surface area (Å²) >= 11 is 1.91. The highest BCUT2D eigenvalue weighted by Crippen LogP contribution is 2.47. The minimum absolute atomic E-state index is 0.00357. The molecule has 3 heterocycles. The predicted octanol–water partition coefficient (Wildman–Crippen LogP) is 12.4. The summed E-state index contributed by atoms with van der Waals surface area (Å²) in [7, 11) is 0. The smallest absolute Gasteiger partial charge is 0.256 e. The van der Waals surface area contributed by atoms with E-state index in [2.05, 4.69) is 178 Å². The molecule has 2 aliphatic heterocycles. The number of aryl methyl sites for hydroxylation is 1. The Morgan fingerprint density at radius 2 is 1.26 bits per heavy atom. The fraction of sp³-hybridized carbons (Fsp3) is 0.160. The number of ether oxygens (including phenoxy) is 1. The van der Waals surface area contributed by atoms with E-state index in [0.717, 1.165) is 30.8 Å². The lowest BCUT2D eigenvalue weighted by molar-refractivity contribution is 0.483. The van der Waals surface area contributed by atoms with Crippen LogP contribution in [0, 0.1) is 0 Å². The molecule has 0 radical (unpaired) electrons. The van der Waals surface area contributed by atoms with Crippen LogP contribution in [-0.2, 0) is 11.8 Å². The highest BCUT2D eigenvalue weighted by Gasteiger charge is 2.43.